The van der Waals surface area contributed by atoms with Crippen LogP contribution in [0.4, 0.5) is 10.1 Å². The van der Waals surface area contributed by atoms with Crippen molar-refractivity contribution in [3.05, 3.63) is 29.1 Å². The summed E-state index contributed by atoms with van der Waals surface area (Å²) < 4.78 is 18.9. The molecule has 0 N–H and O–H groups in total. The third-order valence-electron chi connectivity index (χ3n) is 2.78. The molecule has 92 valence electrons. The lowest BCUT2D eigenvalue weighted by atomic mass is 9.98. The third-order valence-corrected chi connectivity index (χ3v) is 2.78. The van der Waals surface area contributed by atoms with Crippen molar-refractivity contribution in [3.8, 4) is 6.07 Å². The number of benzene rings is 1. The molecular formula is C13H11FN2O2. The summed E-state index contributed by atoms with van der Waals surface area (Å²) in [5, 5.41) is 8.82. The van der Waals surface area contributed by atoms with E-state index in [1.165, 1.54) is 6.07 Å². The first-order valence-electron chi connectivity index (χ1n) is 5.59. The minimum absolute atomic E-state index is 0.0176. The molecule has 1 atom stereocenters. The highest BCUT2D eigenvalue weighted by Crippen LogP contribution is 2.36. The Labute approximate surface area is 104 Å². The number of Topliss-reactive ketones (excluding diaryl/α,β-unsaturated/α-hetero) is 1. The molecule has 1 unspecified atom stereocenters. The Hall–Kier alpha value is -2.22. The topological polar surface area (TPSA) is 62.4 Å². The van der Waals surface area contributed by atoms with Crippen LogP contribution < -0.4 is 0 Å². The number of ketones is 1. The quantitative estimate of drug-likeness (QED) is 0.823. The first kappa shape index (κ1) is 12.2. The molecule has 0 aliphatic carbocycles. The van der Waals surface area contributed by atoms with Gasteiger partial charge in [0.05, 0.1) is 11.6 Å². The monoisotopic (exact) mass is 246 g/mol. The van der Waals surface area contributed by atoms with Crippen LogP contribution in [0.3, 0.4) is 0 Å². The first-order valence-corrected chi connectivity index (χ1v) is 5.59. The number of carbonyl (C=O) groups excluding carboxylic acids is 1. The number of ether oxygens (including phenoxy) is 1. The molecule has 0 bridgehead atoms. The number of fused-ring (bicyclic) bond motifs is 1. The van der Waals surface area contributed by atoms with E-state index >= 15 is 0 Å². The zero-order chi connectivity index (χ0) is 13.1. The molecule has 1 aliphatic heterocycles. The average molecular weight is 246 g/mol. The molecular weight excluding hydrogens is 235 g/mol. The number of nitriles is 1. The fraction of sp³-hybridized carbons (Fsp3) is 0.308. The Morgan fingerprint density at radius 1 is 1.61 bits per heavy atom. The van der Waals surface area contributed by atoms with Crippen molar-refractivity contribution in [3.63, 3.8) is 0 Å². The molecule has 0 aromatic heterocycles. The number of rotatable bonds is 3. The number of hydrogen-bond donors (Lipinski definition) is 0. The average Bonchev–Trinajstić information content (AvgIpc) is 2.39. The summed E-state index contributed by atoms with van der Waals surface area (Å²) in [7, 11) is 0. The molecule has 1 aromatic rings. The van der Waals surface area contributed by atoms with Gasteiger partial charge in [0.1, 0.15) is 17.6 Å². The SMILES string of the molecule is CCC(=O)CC1OC=Nc2c(F)cc(C#N)cc21. The van der Waals surface area contributed by atoms with E-state index in [2.05, 4.69) is 4.99 Å². The predicted octanol–water partition coefficient (Wildman–Crippen LogP) is 2.80. The van der Waals surface area contributed by atoms with Crippen LogP contribution in [0.15, 0.2) is 17.1 Å². The van der Waals surface area contributed by atoms with Crippen LogP contribution in [0.1, 0.15) is 37.0 Å². The molecule has 1 heterocycles. The lowest BCUT2D eigenvalue weighted by Crippen LogP contribution is -2.13. The highest BCUT2D eigenvalue weighted by molar-refractivity contribution is 5.79. The van der Waals surface area contributed by atoms with Gasteiger partial charge in [-0.05, 0) is 12.1 Å². The fourth-order valence-corrected chi connectivity index (χ4v) is 1.81. The highest BCUT2D eigenvalue weighted by Gasteiger charge is 2.24. The summed E-state index contributed by atoms with van der Waals surface area (Å²) in [6.07, 6.45) is 1.13. The molecule has 0 spiro atoms. The number of aliphatic imine (C=N–C) groups is 1. The summed E-state index contributed by atoms with van der Waals surface area (Å²) >= 11 is 0. The Balaban J connectivity index is 2.42. The van der Waals surface area contributed by atoms with Crippen molar-refractivity contribution in [2.24, 2.45) is 4.99 Å². The van der Waals surface area contributed by atoms with Crippen LogP contribution in [0.5, 0.6) is 0 Å². The van der Waals surface area contributed by atoms with Gasteiger partial charge in [0.2, 0.25) is 0 Å². The molecule has 1 aromatic carbocycles. The Kier molecular flexibility index (Phi) is 3.38. The second-order valence-electron chi connectivity index (χ2n) is 3.96. The van der Waals surface area contributed by atoms with Gasteiger partial charge in [-0.1, -0.05) is 6.92 Å². The molecule has 0 amide bonds. The molecule has 1 aliphatic rings. The van der Waals surface area contributed by atoms with Crippen molar-refractivity contribution < 1.29 is 13.9 Å². The van der Waals surface area contributed by atoms with E-state index in [1.807, 2.05) is 6.07 Å². The molecule has 5 heteroatoms. The molecule has 18 heavy (non-hydrogen) atoms. The van der Waals surface area contributed by atoms with Gasteiger partial charge in [0, 0.05) is 18.4 Å². The van der Waals surface area contributed by atoms with E-state index < -0.39 is 11.9 Å². The molecule has 2 rings (SSSR count). The summed E-state index contributed by atoms with van der Waals surface area (Å²) in [6.45, 7) is 1.76. The maximum Gasteiger partial charge on any atom is 0.175 e. The van der Waals surface area contributed by atoms with Crippen LogP contribution >= 0.6 is 0 Å². The van der Waals surface area contributed by atoms with Crippen LogP contribution in [0.25, 0.3) is 0 Å². The minimum Gasteiger partial charge on any atom is -0.475 e. The largest absolute Gasteiger partial charge is 0.475 e. The molecule has 0 fully saturated rings. The number of carbonyl (C=O) groups is 1. The minimum atomic E-state index is -0.572. The Morgan fingerprint density at radius 3 is 3.06 bits per heavy atom. The van der Waals surface area contributed by atoms with E-state index in [4.69, 9.17) is 10.00 Å². The van der Waals surface area contributed by atoms with Gasteiger partial charge in [-0.25, -0.2) is 9.38 Å². The van der Waals surface area contributed by atoms with Crippen molar-refractivity contribution in [1.82, 2.24) is 0 Å². The molecule has 4 nitrogen and oxygen atoms in total. The smallest absolute Gasteiger partial charge is 0.175 e. The van der Waals surface area contributed by atoms with E-state index in [-0.39, 0.29) is 23.5 Å². The van der Waals surface area contributed by atoms with Crippen LogP contribution in [-0.4, -0.2) is 12.2 Å². The Bertz CT molecular complexity index is 561. The zero-order valence-electron chi connectivity index (χ0n) is 9.81. The van der Waals surface area contributed by atoms with Crippen molar-refractivity contribution in [2.75, 3.05) is 0 Å². The third kappa shape index (κ3) is 2.23. The molecule has 0 radical (unpaired) electrons. The van der Waals surface area contributed by atoms with Gasteiger partial charge in [0.15, 0.2) is 12.2 Å². The van der Waals surface area contributed by atoms with Crippen LogP contribution in [0, 0.1) is 17.1 Å². The normalized spacial score (nSPS) is 16.6. The van der Waals surface area contributed by atoms with Crippen molar-refractivity contribution in [2.45, 2.75) is 25.9 Å². The van der Waals surface area contributed by atoms with Crippen molar-refractivity contribution >= 4 is 17.9 Å². The van der Waals surface area contributed by atoms with Gasteiger partial charge >= 0.3 is 0 Å². The highest BCUT2D eigenvalue weighted by atomic mass is 19.1. The standard InChI is InChI=1S/C13H11FN2O2/c1-2-9(17)5-12-10-3-8(6-15)4-11(14)13(10)16-7-18-12/h3-4,7,12H,2,5H2,1H3. The summed E-state index contributed by atoms with van der Waals surface area (Å²) in [5.74, 6) is -0.554. The zero-order valence-corrected chi connectivity index (χ0v) is 9.81. The summed E-state index contributed by atoms with van der Waals surface area (Å²) in [6, 6.07) is 4.52. The summed E-state index contributed by atoms with van der Waals surface area (Å²) in [5.41, 5.74) is 0.797. The molecule has 0 saturated carbocycles. The second-order valence-corrected chi connectivity index (χ2v) is 3.96. The lowest BCUT2D eigenvalue weighted by Gasteiger charge is -2.21. The maximum atomic E-state index is 13.7. The van der Waals surface area contributed by atoms with Gasteiger partial charge in [-0.2, -0.15) is 5.26 Å². The lowest BCUT2D eigenvalue weighted by molar-refractivity contribution is -0.120. The Morgan fingerprint density at radius 2 is 2.39 bits per heavy atom. The van der Waals surface area contributed by atoms with Gasteiger partial charge in [-0.15, -0.1) is 0 Å². The fourth-order valence-electron chi connectivity index (χ4n) is 1.81. The van der Waals surface area contributed by atoms with E-state index in [1.54, 1.807) is 6.92 Å². The van der Waals surface area contributed by atoms with Gasteiger partial charge in [-0.3, -0.25) is 4.79 Å². The van der Waals surface area contributed by atoms with Gasteiger partial charge in [0.25, 0.3) is 0 Å². The van der Waals surface area contributed by atoms with E-state index in [0.29, 0.717) is 12.0 Å². The van der Waals surface area contributed by atoms with Crippen molar-refractivity contribution in [1.29, 1.82) is 5.26 Å². The second kappa shape index (κ2) is 4.96. The number of nitrogens with zero attached hydrogens (tertiary/aromatic N) is 2. The van der Waals surface area contributed by atoms with Gasteiger partial charge < -0.3 is 4.74 Å². The van der Waals surface area contributed by atoms with Crippen LogP contribution in [0.2, 0.25) is 0 Å². The summed E-state index contributed by atoms with van der Waals surface area (Å²) in [4.78, 5) is 15.3. The van der Waals surface area contributed by atoms with E-state index in [9.17, 15) is 9.18 Å². The predicted molar refractivity (Wildman–Crippen MR) is 63.0 cm³/mol. The maximum absolute atomic E-state index is 13.7. The first-order chi connectivity index (χ1) is 8.65. The number of halogens is 1. The van der Waals surface area contributed by atoms with E-state index in [0.717, 1.165) is 12.5 Å². The number of hydrogen-bond acceptors (Lipinski definition) is 4. The molecule has 0 saturated heterocycles. The van der Waals surface area contributed by atoms with Crippen LogP contribution in [-0.2, 0) is 9.53 Å².